The van der Waals surface area contributed by atoms with Gasteiger partial charge in [-0.2, -0.15) is 0 Å². The zero-order valence-electron chi connectivity index (χ0n) is 11.3. The van der Waals surface area contributed by atoms with Crippen LogP contribution in [0.1, 0.15) is 28.0 Å². The van der Waals surface area contributed by atoms with Crippen molar-refractivity contribution in [2.24, 2.45) is 0 Å². The SMILES string of the molecule is CCN(C)C(=O)c1csc(CCc2ccccc2)n1. The number of carbonyl (C=O) groups is 1. The molecule has 0 radical (unpaired) electrons. The van der Waals surface area contributed by atoms with E-state index in [0.717, 1.165) is 17.8 Å². The van der Waals surface area contributed by atoms with E-state index in [1.807, 2.05) is 30.5 Å². The van der Waals surface area contributed by atoms with Crippen LogP contribution < -0.4 is 0 Å². The minimum Gasteiger partial charge on any atom is -0.341 e. The fourth-order valence-corrected chi connectivity index (χ4v) is 2.53. The molecule has 100 valence electrons. The third-order valence-corrected chi connectivity index (χ3v) is 3.97. The molecule has 2 rings (SSSR count). The number of benzene rings is 1. The molecule has 3 nitrogen and oxygen atoms in total. The Balaban J connectivity index is 1.96. The van der Waals surface area contributed by atoms with Crippen LogP contribution in [0.25, 0.3) is 0 Å². The number of nitrogens with zero attached hydrogens (tertiary/aromatic N) is 2. The summed E-state index contributed by atoms with van der Waals surface area (Å²) in [6.45, 7) is 2.66. The minimum absolute atomic E-state index is 0.00436. The lowest BCUT2D eigenvalue weighted by Gasteiger charge is -2.11. The molecule has 0 fully saturated rings. The molecule has 0 atom stereocenters. The molecule has 0 saturated heterocycles. The first-order chi connectivity index (χ1) is 9.20. The van der Waals surface area contributed by atoms with Crippen LogP contribution in [0.15, 0.2) is 35.7 Å². The maximum Gasteiger partial charge on any atom is 0.273 e. The van der Waals surface area contributed by atoms with Crippen LogP contribution in [0.5, 0.6) is 0 Å². The maximum absolute atomic E-state index is 11.9. The lowest BCUT2D eigenvalue weighted by atomic mass is 10.1. The molecule has 0 unspecified atom stereocenters. The summed E-state index contributed by atoms with van der Waals surface area (Å²) in [6.07, 6.45) is 1.85. The molecule has 0 saturated carbocycles. The predicted molar refractivity (Wildman–Crippen MR) is 78.6 cm³/mol. The maximum atomic E-state index is 11.9. The van der Waals surface area contributed by atoms with Gasteiger partial charge in [-0.3, -0.25) is 4.79 Å². The molecule has 4 heteroatoms. The third kappa shape index (κ3) is 3.64. The first kappa shape index (κ1) is 13.7. The quantitative estimate of drug-likeness (QED) is 0.839. The highest BCUT2D eigenvalue weighted by molar-refractivity contribution is 7.09. The topological polar surface area (TPSA) is 33.2 Å². The number of aromatic nitrogens is 1. The molecule has 0 aliphatic heterocycles. The fraction of sp³-hybridized carbons (Fsp3) is 0.333. The summed E-state index contributed by atoms with van der Waals surface area (Å²) in [4.78, 5) is 18.0. The van der Waals surface area contributed by atoms with Crippen molar-refractivity contribution in [3.05, 3.63) is 52.0 Å². The normalized spacial score (nSPS) is 10.4. The number of aryl methyl sites for hydroxylation is 2. The predicted octanol–water partition coefficient (Wildman–Crippen LogP) is 3.02. The van der Waals surface area contributed by atoms with E-state index < -0.39 is 0 Å². The summed E-state index contributed by atoms with van der Waals surface area (Å²) in [5.41, 5.74) is 1.87. The van der Waals surface area contributed by atoms with Gasteiger partial charge in [0.1, 0.15) is 5.69 Å². The van der Waals surface area contributed by atoms with Gasteiger partial charge in [-0.1, -0.05) is 30.3 Å². The second-order valence-electron chi connectivity index (χ2n) is 4.43. The summed E-state index contributed by atoms with van der Waals surface area (Å²) in [5.74, 6) is 0.00436. The molecule has 1 aromatic heterocycles. The van der Waals surface area contributed by atoms with E-state index in [1.165, 1.54) is 5.56 Å². The molecule has 0 spiro atoms. The lowest BCUT2D eigenvalue weighted by molar-refractivity contribution is 0.0797. The molecule has 19 heavy (non-hydrogen) atoms. The Labute approximate surface area is 117 Å². The first-order valence-electron chi connectivity index (χ1n) is 6.44. The molecule has 1 aromatic carbocycles. The number of hydrogen-bond donors (Lipinski definition) is 0. The minimum atomic E-state index is 0.00436. The Bertz CT molecular complexity index is 536. The number of carbonyl (C=O) groups excluding carboxylic acids is 1. The summed E-state index contributed by atoms with van der Waals surface area (Å²) < 4.78 is 0. The average molecular weight is 274 g/mol. The van der Waals surface area contributed by atoms with Crippen LogP contribution >= 0.6 is 11.3 Å². The van der Waals surface area contributed by atoms with Gasteiger partial charge in [0.2, 0.25) is 0 Å². The second kappa shape index (κ2) is 6.48. The van der Waals surface area contributed by atoms with Crippen molar-refractivity contribution in [3.8, 4) is 0 Å². The van der Waals surface area contributed by atoms with Crippen molar-refractivity contribution in [1.29, 1.82) is 0 Å². The summed E-state index contributed by atoms with van der Waals surface area (Å²) in [5, 5.41) is 2.88. The van der Waals surface area contributed by atoms with Crippen molar-refractivity contribution in [3.63, 3.8) is 0 Å². The molecule has 0 aliphatic carbocycles. The molecule has 1 amide bonds. The zero-order valence-corrected chi connectivity index (χ0v) is 12.1. The van der Waals surface area contributed by atoms with E-state index >= 15 is 0 Å². The smallest absolute Gasteiger partial charge is 0.273 e. The van der Waals surface area contributed by atoms with Crippen molar-refractivity contribution in [2.45, 2.75) is 19.8 Å². The largest absolute Gasteiger partial charge is 0.341 e. The first-order valence-corrected chi connectivity index (χ1v) is 7.32. The van der Waals surface area contributed by atoms with Crippen LogP contribution in [-0.2, 0) is 12.8 Å². The number of amides is 1. The highest BCUT2D eigenvalue weighted by atomic mass is 32.1. The number of hydrogen-bond acceptors (Lipinski definition) is 3. The average Bonchev–Trinajstić information content (AvgIpc) is 2.93. The van der Waals surface area contributed by atoms with Gasteiger partial charge in [0.25, 0.3) is 5.91 Å². The van der Waals surface area contributed by atoms with E-state index in [4.69, 9.17) is 0 Å². The molecular formula is C15H18N2OS. The Morgan fingerprint density at radius 1 is 1.26 bits per heavy atom. The lowest BCUT2D eigenvalue weighted by Crippen LogP contribution is -2.26. The molecule has 0 N–H and O–H groups in total. The summed E-state index contributed by atoms with van der Waals surface area (Å²) in [7, 11) is 1.80. The highest BCUT2D eigenvalue weighted by Gasteiger charge is 2.13. The van der Waals surface area contributed by atoms with Gasteiger partial charge in [0, 0.05) is 25.4 Å². The second-order valence-corrected chi connectivity index (χ2v) is 5.37. The van der Waals surface area contributed by atoms with Gasteiger partial charge < -0.3 is 4.90 Å². The van der Waals surface area contributed by atoms with Crippen LogP contribution in [0.3, 0.4) is 0 Å². The molecular weight excluding hydrogens is 256 g/mol. The van der Waals surface area contributed by atoms with Gasteiger partial charge in [0.05, 0.1) is 5.01 Å². The van der Waals surface area contributed by atoms with Crippen molar-refractivity contribution in [1.82, 2.24) is 9.88 Å². The monoisotopic (exact) mass is 274 g/mol. The van der Waals surface area contributed by atoms with Gasteiger partial charge in [-0.05, 0) is 18.9 Å². The van der Waals surface area contributed by atoms with E-state index in [-0.39, 0.29) is 5.91 Å². The summed E-state index contributed by atoms with van der Waals surface area (Å²) in [6, 6.07) is 10.3. The summed E-state index contributed by atoms with van der Waals surface area (Å²) >= 11 is 1.57. The van der Waals surface area contributed by atoms with Crippen molar-refractivity contribution < 1.29 is 4.79 Å². The van der Waals surface area contributed by atoms with Crippen LogP contribution in [0.2, 0.25) is 0 Å². The molecule has 0 bridgehead atoms. The van der Waals surface area contributed by atoms with Crippen LogP contribution in [0, 0.1) is 0 Å². The Morgan fingerprint density at radius 2 is 2.00 bits per heavy atom. The van der Waals surface area contributed by atoms with Crippen LogP contribution in [-0.4, -0.2) is 29.4 Å². The van der Waals surface area contributed by atoms with Gasteiger partial charge in [-0.15, -0.1) is 11.3 Å². The third-order valence-electron chi connectivity index (χ3n) is 3.06. The molecule has 1 heterocycles. The Morgan fingerprint density at radius 3 is 2.68 bits per heavy atom. The standard InChI is InChI=1S/C15H18N2OS/c1-3-17(2)15(18)13-11-19-14(16-13)10-9-12-7-5-4-6-8-12/h4-8,11H,3,9-10H2,1-2H3. The van der Waals surface area contributed by atoms with E-state index in [2.05, 4.69) is 17.1 Å². The molecule has 0 aliphatic rings. The van der Waals surface area contributed by atoms with Crippen LogP contribution in [0.4, 0.5) is 0 Å². The number of thiazole rings is 1. The van der Waals surface area contributed by atoms with Crippen molar-refractivity contribution in [2.75, 3.05) is 13.6 Å². The molecule has 2 aromatic rings. The fourth-order valence-electron chi connectivity index (χ4n) is 1.76. The Kier molecular flexibility index (Phi) is 4.68. The Hall–Kier alpha value is -1.68. The highest BCUT2D eigenvalue weighted by Crippen LogP contribution is 2.14. The van der Waals surface area contributed by atoms with E-state index in [1.54, 1.807) is 23.3 Å². The zero-order chi connectivity index (χ0) is 13.7. The van der Waals surface area contributed by atoms with Gasteiger partial charge in [0.15, 0.2) is 0 Å². The number of rotatable bonds is 5. The van der Waals surface area contributed by atoms with Gasteiger partial charge >= 0.3 is 0 Å². The van der Waals surface area contributed by atoms with E-state index in [0.29, 0.717) is 12.2 Å². The van der Waals surface area contributed by atoms with Gasteiger partial charge in [-0.25, -0.2) is 4.98 Å². The van der Waals surface area contributed by atoms with E-state index in [9.17, 15) is 4.79 Å². The van der Waals surface area contributed by atoms with Crippen molar-refractivity contribution >= 4 is 17.2 Å².